The van der Waals surface area contributed by atoms with E-state index in [2.05, 4.69) is 20.2 Å². The molecule has 2 aromatic rings. The highest BCUT2D eigenvalue weighted by Crippen LogP contribution is 2.25. The first-order chi connectivity index (χ1) is 6.47. The van der Waals surface area contributed by atoms with Crippen molar-refractivity contribution in [1.29, 1.82) is 0 Å². The zero-order valence-corrected chi connectivity index (χ0v) is 7.67. The van der Waals surface area contributed by atoms with Gasteiger partial charge in [-0.15, -0.1) is 0 Å². The van der Waals surface area contributed by atoms with E-state index in [1.54, 1.807) is 12.4 Å². The van der Waals surface area contributed by atoms with Gasteiger partial charge in [-0.3, -0.25) is 5.10 Å². The summed E-state index contributed by atoms with van der Waals surface area (Å²) in [5.74, 6) is 0. The molecule has 0 spiro atoms. The second-order valence-corrected chi connectivity index (χ2v) is 3.23. The van der Waals surface area contributed by atoms with E-state index in [0.717, 1.165) is 11.0 Å². The van der Waals surface area contributed by atoms with Crippen molar-refractivity contribution in [1.82, 2.24) is 20.2 Å². The summed E-state index contributed by atoms with van der Waals surface area (Å²) in [6.07, 6.45) is 4.85. The topological polar surface area (TPSA) is 132 Å². The molecule has 0 aliphatic rings. The lowest BCUT2D eigenvalue weighted by molar-refractivity contribution is 0.275. The lowest BCUT2D eigenvalue weighted by atomic mass is 10.5. The Hall–Kier alpha value is -1.34. The van der Waals surface area contributed by atoms with Gasteiger partial charge < -0.3 is 14.7 Å². The Labute approximate surface area is 77.9 Å². The van der Waals surface area contributed by atoms with Crippen molar-refractivity contribution in [2.45, 2.75) is 0 Å². The second-order valence-electron chi connectivity index (χ2n) is 2.20. The van der Waals surface area contributed by atoms with Crippen LogP contribution in [0, 0.1) is 0 Å². The first-order valence-corrected chi connectivity index (χ1v) is 4.91. The van der Waals surface area contributed by atoms with Gasteiger partial charge in [0, 0.05) is 0 Å². The third-order valence-corrected chi connectivity index (χ3v) is 1.11. The van der Waals surface area contributed by atoms with Crippen LogP contribution in [0.25, 0.3) is 11.0 Å². The monoisotopic (exact) mass is 218 g/mol. The van der Waals surface area contributed by atoms with Gasteiger partial charge in [-0.25, -0.2) is 14.5 Å². The van der Waals surface area contributed by atoms with Crippen LogP contribution >= 0.6 is 7.82 Å². The number of aromatic amines is 1. The standard InChI is InChI=1S/C5H4N4.H3O4P/c1-5-4(2-8-9-5)7-3-6-1;1-5(2,3)4/h1-3H,(H,8,9);(H3,1,2,3,4). The summed E-state index contributed by atoms with van der Waals surface area (Å²) in [5.41, 5.74) is 1.72. The van der Waals surface area contributed by atoms with Crippen LogP contribution in [0.1, 0.15) is 0 Å². The molecule has 0 amide bonds. The van der Waals surface area contributed by atoms with Gasteiger partial charge in [-0.2, -0.15) is 5.10 Å². The summed E-state index contributed by atoms with van der Waals surface area (Å²) in [6.45, 7) is 0. The number of nitrogens with zero attached hydrogens (tertiary/aromatic N) is 3. The first kappa shape index (κ1) is 10.7. The van der Waals surface area contributed by atoms with Crippen molar-refractivity contribution in [3.8, 4) is 0 Å². The molecule has 8 nitrogen and oxygen atoms in total. The number of rotatable bonds is 0. The van der Waals surface area contributed by atoms with Crippen molar-refractivity contribution in [3.63, 3.8) is 0 Å². The van der Waals surface area contributed by atoms with Crippen molar-refractivity contribution >= 4 is 18.9 Å². The summed E-state index contributed by atoms with van der Waals surface area (Å²) < 4.78 is 8.88. The quantitative estimate of drug-likeness (QED) is 0.435. The SMILES string of the molecule is O=P(O)(O)O.c1ncc2[nH]ncc2n1. The molecule has 2 rings (SSSR count). The maximum Gasteiger partial charge on any atom is 0.466 e. The van der Waals surface area contributed by atoms with Crippen molar-refractivity contribution in [2.24, 2.45) is 0 Å². The molecule has 0 saturated heterocycles. The fraction of sp³-hybridized carbons (Fsp3) is 0. The molecule has 2 heterocycles. The maximum atomic E-state index is 8.88. The highest BCUT2D eigenvalue weighted by molar-refractivity contribution is 7.45. The van der Waals surface area contributed by atoms with Crippen molar-refractivity contribution < 1.29 is 19.2 Å². The van der Waals surface area contributed by atoms with Gasteiger partial charge in [0.05, 0.1) is 12.4 Å². The lowest BCUT2D eigenvalue weighted by Gasteiger charge is -1.82. The van der Waals surface area contributed by atoms with Gasteiger partial charge in [-0.05, 0) is 0 Å². The average Bonchev–Trinajstić information content (AvgIpc) is 2.47. The largest absolute Gasteiger partial charge is 0.466 e. The van der Waals surface area contributed by atoms with Crippen LogP contribution in [0.5, 0.6) is 0 Å². The average molecular weight is 218 g/mol. The molecule has 0 aliphatic carbocycles. The third-order valence-electron chi connectivity index (χ3n) is 1.11. The zero-order chi connectivity index (χ0) is 10.6. The smallest absolute Gasteiger partial charge is 0.303 e. The predicted octanol–water partition coefficient (Wildman–Crippen LogP) is -0.576. The summed E-state index contributed by atoms with van der Waals surface area (Å²) in [6, 6.07) is 0. The summed E-state index contributed by atoms with van der Waals surface area (Å²) >= 11 is 0. The zero-order valence-electron chi connectivity index (χ0n) is 6.77. The summed E-state index contributed by atoms with van der Waals surface area (Å²) in [5, 5.41) is 6.52. The fourth-order valence-corrected chi connectivity index (χ4v) is 0.691. The van der Waals surface area contributed by atoms with Gasteiger partial charge in [0.1, 0.15) is 17.4 Å². The Morgan fingerprint density at radius 2 is 1.93 bits per heavy atom. The highest BCUT2D eigenvalue weighted by Gasteiger charge is 2.00. The molecule has 0 bridgehead atoms. The van der Waals surface area contributed by atoms with E-state index < -0.39 is 7.82 Å². The van der Waals surface area contributed by atoms with Gasteiger partial charge in [0.25, 0.3) is 0 Å². The molecule has 0 fully saturated rings. The van der Waals surface area contributed by atoms with Crippen LogP contribution in [-0.2, 0) is 4.57 Å². The number of H-pyrrole nitrogens is 1. The minimum atomic E-state index is -4.64. The van der Waals surface area contributed by atoms with E-state index in [-0.39, 0.29) is 0 Å². The van der Waals surface area contributed by atoms with E-state index in [1.165, 1.54) is 6.33 Å². The fourth-order valence-electron chi connectivity index (χ4n) is 0.691. The van der Waals surface area contributed by atoms with Crippen LogP contribution in [0.2, 0.25) is 0 Å². The molecular weight excluding hydrogens is 211 g/mol. The van der Waals surface area contributed by atoms with Crippen molar-refractivity contribution in [3.05, 3.63) is 18.7 Å². The van der Waals surface area contributed by atoms with Crippen LogP contribution in [0.4, 0.5) is 0 Å². The number of nitrogens with one attached hydrogen (secondary N) is 1. The van der Waals surface area contributed by atoms with Gasteiger partial charge in [-0.1, -0.05) is 0 Å². The van der Waals surface area contributed by atoms with Crippen LogP contribution in [-0.4, -0.2) is 34.8 Å². The minimum Gasteiger partial charge on any atom is -0.303 e. The molecule has 0 saturated carbocycles. The normalized spacial score (nSPS) is 10.8. The van der Waals surface area contributed by atoms with Crippen LogP contribution < -0.4 is 0 Å². The minimum absolute atomic E-state index is 0.852. The molecule has 0 aliphatic heterocycles. The maximum absolute atomic E-state index is 8.88. The Bertz CT molecular complexity index is 413. The Morgan fingerprint density at radius 3 is 2.50 bits per heavy atom. The van der Waals surface area contributed by atoms with Crippen molar-refractivity contribution in [2.75, 3.05) is 0 Å². The molecule has 4 N–H and O–H groups in total. The molecule has 0 unspecified atom stereocenters. The van der Waals surface area contributed by atoms with E-state index in [0.29, 0.717) is 0 Å². The van der Waals surface area contributed by atoms with E-state index >= 15 is 0 Å². The number of hydrogen-bond acceptors (Lipinski definition) is 4. The first-order valence-electron chi connectivity index (χ1n) is 3.34. The third kappa shape index (κ3) is 4.06. The molecule has 0 atom stereocenters. The molecule has 0 aromatic carbocycles. The van der Waals surface area contributed by atoms with E-state index in [1.807, 2.05) is 0 Å². The molecule has 2 aromatic heterocycles. The molecule has 0 radical (unpaired) electrons. The Morgan fingerprint density at radius 1 is 1.29 bits per heavy atom. The molecular formula is C5H7N4O4P. The number of phosphoric acid groups is 1. The number of hydrogen-bond donors (Lipinski definition) is 4. The molecule has 14 heavy (non-hydrogen) atoms. The van der Waals surface area contributed by atoms with Crippen LogP contribution in [0.3, 0.4) is 0 Å². The second kappa shape index (κ2) is 4.25. The van der Waals surface area contributed by atoms with E-state index in [4.69, 9.17) is 19.2 Å². The van der Waals surface area contributed by atoms with Gasteiger partial charge in [0.15, 0.2) is 0 Å². The summed E-state index contributed by atoms with van der Waals surface area (Å²) in [7, 11) is -4.64. The molecule has 9 heteroatoms. The number of aromatic nitrogens is 4. The van der Waals surface area contributed by atoms with Crippen LogP contribution in [0.15, 0.2) is 18.7 Å². The van der Waals surface area contributed by atoms with Gasteiger partial charge in [0.2, 0.25) is 0 Å². The predicted molar refractivity (Wildman–Crippen MR) is 45.9 cm³/mol. The van der Waals surface area contributed by atoms with Gasteiger partial charge >= 0.3 is 7.82 Å². The molecule has 76 valence electrons. The lowest BCUT2D eigenvalue weighted by Crippen LogP contribution is -1.74. The number of fused-ring (bicyclic) bond motifs is 1. The highest BCUT2D eigenvalue weighted by atomic mass is 31.2. The Balaban J connectivity index is 0.000000171. The van der Waals surface area contributed by atoms with E-state index in [9.17, 15) is 0 Å². The summed E-state index contributed by atoms with van der Waals surface area (Å²) in [4.78, 5) is 29.3. The Kier molecular flexibility index (Phi) is 3.26.